The van der Waals surface area contributed by atoms with Gasteiger partial charge in [-0.1, -0.05) is 41.6 Å². The predicted octanol–water partition coefficient (Wildman–Crippen LogP) is 3.98. The number of ether oxygens (including phenoxy) is 3. The number of hydrogen-bond acceptors (Lipinski definition) is 7. The summed E-state index contributed by atoms with van der Waals surface area (Å²) in [7, 11) is 0. The molecular weight excluding hydrogens is 452 g/mol. The second-order valence-corrected chi connectivity index (χ2v) is 8.82. The van der Waals surface area contributed by atoms with E-state index in [1.54, 1.807) is 6.07 Å². The molecule has 1 N–H and O–H groups in total. The fraction of sp³-hybridized carbons (Fsp3) is 0.318. The van der Waals surface area contributed by atoms with Gasteiger partial charge in [0.2, 0.25) is 12.7 Å². The van der Waals surface area contributed by atoms with Crippen LogP contribution in [0.4, 0.5) is 0 Å². The van der Waals surface area contributed by atoms with Gasteiger partial charge in [0.25, 0.3) is 0 Å². The quantitative estimate of drug-likeness (QED) is 0.471. The molecule has 1 saturated carbocycles. The number of nitrogens with one attached hydrogen (secondary N) is 1. The lowest BCUT2D eigenvalue weighted by atomic mass is 10.2. The Hall–Kier alpha value is -2.91. The Balaban J connectivity index is 1.16. The van der Waals surface area contributed by atoms with E-state index < -0.39 is 0 Å². The molecule has 1 aliphatic carbocycles. The van der Waals surface area contributed by atoms with Crippen LogP contribution >= 0.6 is 23.4 Å². The molecule has 3 aromatic rings. The smallest absolute Gasteiger partial charge is 0.231 e. The Morgan fingerprint density at radius 3 is 2.88 bits per heavy atom. The van der Waals surface area contributed by atoms with Crippen molar-refractivity contribution >= 4 is 29.3 Å². The normalized spacial score (nSPS) is 14.4. The highest BCUT2D eigenvalue weighted by molar-refractivity contribution is 7.99. The van der Waals surface area contributed by atoms with E-state index in [4.69, 9.17) is 25.8 Å². The van der Waals surface area contributed by atoms with Crippen LogP contribution in [-0.4, -0.2) is 33.2 Å². The zero-order valence-electron chi connectivity index (χ0n) is 17.1. The average molecular weight is 473 g/mol. The van der Waals surface area contributed by atoms with Crippen LogP contribution in [0.2, 0.25) is 5.02 Å². The molecule has 0 unspecified atom stereocenters. The highest BCUT2D eigenvalue weighted by Gasteiger charge is 2.30. The van der Waals surface area contributed by atoms with Gasteiger partial charge in [-0.15, -0.1) is 10.2 Å². The second kappa shape index (κ2) is 9.30. The van der Waals surface area contributed by atoms with E-state index >= 15 is 0 Å². The van der Waals surface area contributed by atoms with Crippen molar-refractivity contribution in [2.24, 2.45) is 0 Å². The van der Waals surface area contributed by atoms with Crippen molar-refractivity contribution in [1.29, 1.82) is 0 Å². The number of benzene rings is 2. The number of carbonyl (C=O) groups is 1. The Labute approximate surface area is 194 Å². The number of hydrogen-bond donors (Lipinski definition) is 1. The number of rotatable bonds is 9. The number of nitrogens with zero attached hydrogens (tertiary/aromatic N) is 3. The lowest BCUT2D eigenvalue weighted by molar-refractivity contribution is -0.118. The summed E-state index contributed by atoms with van der Waals surface area (Å²) < 4.78 is 18.6. The summed E-state index contributed by atoms with van der Waals surface area (Å²) in [6, 6.07) is 13.3. The number of thioether (sulfide) groups is 1. The van der Waals surface area contributed by atoms with Crippen LogP contribution in [0.5, 0.6) is 17.2 Å². The van der Waals surface area contributed by atoms with Gasteiger partial charge in [-0.05, 0) is 42.7 Å². The van der Waals surface area contributed by atoms with Crippen LogP contribution < -0.4 is 19.5 Å². The van der Waals surface area contributed by atoms with Crippen molar-refractivity contribution in [3.05, 3.63) is 58.9 Å². The van der Waals surface area contributed by atoms with Crippen LogP contribution in [0.3, 0.4) is 0 Å². The number of carbonyl (C=O) groups excluding carboxylic acids is 1. The summed E-state index contributed by atoms with van der Waals surface area (Å²) in [5.74, 6) is 2.94. The summed E-state index contributed by atoms with van der Waals surface area (Å²) in [4.78, 5) is 12.4. The molecule has 0 atom stereocenters. The van der Waals surface area contributed by atoms with Gasteiger partial charge < -0.3 is 19.5 Å². The van der Waals surface area contributed by atoms with Crippen molar-refractivity contribution in [1.82, 2.24) is 20.1 Å². The monoisotopic (exact) mass is 472 g/mol. The van der Waals surface area contributed by atoms with Crippen LogP contribution in [-0.2, 0) is 17.9 Å². The van der Waals surface area contributed by atoms with Crippen LogP contribution in [0, 0.1) is 0 Å². The van der Waals surface area contributed by atoms with E-state index in [9.17, 15) is 4.79 Å². The summed E-state index contributed by atoms with van der Waals surface area (Å²) in [6.45, 7) is 0.918. The third-order valence-corrected chi connectivity index (χ3v) is 6.35. The van der Waals surface area contributed by atoms with Crippen molar-refractivity contribution in [2.45, 2.75) is 37.2 Å². The fourth-order valence-corrected chi connectivity index (χ4v) is 4.39. The van der Waals surface area contributed by atoms with Gasteiger partial charge in [0.05, 0.1) is 10.8 Å². The van der Waals surface area contributed by atoms with Gasteiger partial charge in [0.15, 0.2) is 22.5 Å². The highest BCUT2D eigenvalue weighted by Crippen LogP contribution is 2.39. The van der Waals surface area contributed by atoms with Gasteiger partial charge in [-0.2, -0.15) is 0 Å². The molecule has 1 aliphatic heterocycles. The minimum Gasteiger partial charge on any atom is -0.484 e. The molecular formula is C22H21ClN4O4S. The van der Waals surface area contributed by atoms with Gasteiger partial charge in [-0.3, -0.25) is 9.36 Å². The molecule has 2 heterocycles. The van der Waals surface area contributed by atoms with E-state index in [-0.39, 0.29) is 25.1 Å². The largest absolute Gasteiger partial charge is 0.484 e. The van der Waals surface area contributed by atoms with Crippen LogP contribution in [0.1, 0.15) is 30.3 Å². The number of amides is 1. The molecule has 0 radical (unpaired) electrons. The Morgan fingerprint density at radius 1 is 1.19 bits per heavy atom. The fourth-order valence-electron chi connectivity index (χ4n) is 3.34. The molecule has 0 saturated heterocycles. The molecule has 1 aromatic heterocycles. The minimum absolute atomic E-state index is 0.0770. The molecule has 2 aromatic carbocycles. The number of halogens is 1. The SMILES string of the molecule is O=C(CSc1nnc(COc2ccccc2Cl)n1C1CC1)NCc1ccc2c(c1)OCO2. The first-order valence-electron chi connectivity index (χ1n) is 10.3. The molecule has 1 amide bonds. The maximum Gasteiger partial charge on any atom is 0.231 e. The molecule has 0 spiro atoms. The summed E-state index contributed by atoms with van der Waals surface area (Å²) >= 11 is 7.54. The Kier molecular flexibility index (Phi) is 6.09. The lowest BCUT2D eigenvalue weighted by Gasteiger charge is -2.11. The van der Waals surface area contributed by atoms with Gasteiger partial charge in [0, 0.05) is 12.6 Å². The second-order valence-electron chi connectivity index (χ2n) is 7.47. The first-order chi connectivity index (χ1) is 15.7. The Bertz CT molecular complexity index is 1130. The Morgan fingerprint density at radius 2 is 2.03 bits per heavy atom. The van der Waals surface area contributed by atoms with Gasteiger partial charge >= 0.3 is 0 Å². The molecule has 10 heteroatoms. The van der Waals surface area contributed by atoms with Crippen molar-refractivity contribution < 1.29 is 19.0 Å². The van der Waals surface area contributed by atoms with E-state index in [1.807, 2.05) is 36.4 Å². The van der Waals surface area contributed by atoms with Crippen LogP contribution in [0.15, 0.2) is 47.6 Å². The lowest BCUT2D eigenvalue weighted by Crippen LogP contribution is -2.24. The van der Waals surface area contributed by atoms with Crippen molar-refractivity contribution in [3.63, 3.8) is 0 Å². The molecule has 166 valence electrons. The molecule has 1 fully saturated rings. The molecule has 0 bridgehead atoms. The molecule has 32 heavy (non-hydrogen) atoms. The zero-order valence-corrected chi connectivity index (χ0v) is 18.7. The van der Waals surface area contributed by atoms with Gasteiger partial charge in [0.1, 0.15) is 12.4 Å². The third kappa shape index (κ3) is 4.78. The standard InChI is InChI=1S/C22H21ClN4O4S/c23-16-3-1-2-4-17(16)29-11-20-25-26-22(27(20)15-6-7-15)32-12-21(28)24-10-14-5-8-18-19(9-14)31-13-30-18/h1-5,8-9,15H,6-7,10-13H2,(H,24,28). The maximum atomic E-state index is 12.4. The third-order valence-electron chi connectivity index (χ3n) is 5.10. The maximum absolute atomic E-state index is 12.4. The number of para-hydroxylation sites is 1. The zero-order chi connectivity index (χ0) is 21.9. The van der Waals surface area contributed by atoms with Crippen LogP contribution in [0.25, 0.3) is 0 Å². The van der Waals surface area contributed by atoms with Crippen molar-refractivity contribution in [3.8, 4) is 17.2 Å². The van der Waals surface area contributed by atoms with E-state index in [0.29, 0.717) is 29.1 Å². The summed E-state index contributed by atoms with van der Waals surface area (Å²) in [5.41, 5.74) is 0.952. The average Bonchev–Trinajstić information content (AvgIpc) is 3.38. The minimum atomic E-state index is -0.0770. The number of aromatic nitrogens is 3. The summed E-state index contributed by atoms with van der Waals surface area (Å²) in [6.07, 6.45) is 2.14. The summed E-state index contributed by atoms with van der Waals surface area (Å²) in [5, 5.41) is 12.8. The number of fused-ring (bicyclic) bond motifs is 1. The first kappa shape index (κ1) is 21.0. The topological polar surface area (TPSA) is 87.5 Å². The van der Waals surface area contributed by atoms with E-state index in [0.717, 1.165) is 35.1 Å². The molecule has 2 aliphatic rings. The predicted molar refractivity (Wildman–Crippen MR) is 119 cm³/mol. The van der Waals surface area contributed by atoms with E-state index in [1.165, 1.54) is 11.8 Å². The molecule has 5 rings (SSSR count). The first-order valence-corrected chi connectivity index (χ1v) is 11.6. The van der Waals surface area contributed by atoms with Crippen molar-refractivity contribution in [2.75, 3.05) is 12.5 Å². The van der Waals surface area contributed by atoms with E-state index in [2.05, 4.69) is 20.1 Å². The van der Waals surface area contributed by atoms with Gasteiger partial charge in [-0.25, -0.2) is 0 Å². The highest BCUT2D eigenvalue weighted by atomic mass is 35.5. The molecule has 8 nitrogen and oxygen atoms in total.